The molecule has 14 heteroatoms. The number of benzene rings is 4. The number of nitrogens with zero attached hydrogens (tertiary/aromatic N) is 4. The summed E-state index contributed by atoms with van der Waals surface area (Å²) in [6.07, 6.45) is -9.50. The average Bonchev–Trinajstić information content (AvgIpc) is 3.76. The predicted molar refractivity (Wildman–Crippen MR) is 164 cm³/mol. The van der Waals surface area contributed by atoms with Gasteiger partial charge in [-0.15, -0.1) is 0 Å². The predicted octanol–water partition coefficient (Wildman–Crippen LogP) is 6.17. The molecule has 0 aliphatic carbocycles. The minimum atomic E-state index is -4.75. The third-order valence-corrected chi connectivity index (χ3v) is 9.87. The highest BCUT2D eigenvalue weighted by molar-refractivity contribution is 6.26. The summed E-state index contributed by atoms with van der Waals surface area (Å²) in [6.45, 7) is 0. The summed E-state index contributed by atoms with van der Waals surface area (Å²) in [4.78, 5) is 59.1. The number of carbonyl (C=O) groups excluding carboxylic acids is 4. The lowest BCUT2D eigenvalue weighted by atomic mass is 9.84. The molecule has 254 valence electrons. The zero-order valence-electron chi connectivity index (χ0n) is 25.5. The zero-order chi connectivity index (χ0) is 35.3. The van der Waals surface area contributed by atoms with Crippen molar-refractivity contribution in [2.45, 2.75) is 36.5 Å². The van der Waals surface area contributed by atoms with Gasteiger partial charge in [-0.2, -0.15) is 26.3 Å². The van der Waals surface area contributed by atoms with Gasteiger partial charge < -0.3 is 0 Å². The van der Waals surface area contributed by atoms with Gasteiger partial charge in [0.15, 0.2) is 0 Å². The van der Waals surface area contributed by atoms with E-state index in [0.717, 1.165) is 46.2 Å². The Hall–Kier alpha value is -5.34. The lowest BCUT2D eigenvalue weighted by Gasteiger charge is -2.35. The molecule has 0 spiro atoms. The summed E-state index contributed by atoms with van der Waals surface area (Å²) in [5.41, 5.74) is -1.69. The Labute approximate surface area is 280 Å². The molecule has 4 aliphatic rings. The molecule has 8 nitrogen and oxygen atoms in total. The smallest absolute Gasteiger partial charge is 0.274 e. The van der Waals surface area contributed by atoms with Crippen LogP contribution in [0.3, 0.4) is 0 Å². The first-order chi connectivity index (χ1) is 23.8. The lowest BCUT2D eigenvalue weighted by Crippen LogP contribution is -2.50. The van der Waals surface area contributed by atoms with Crippen molar-refractivity contribution in [3.05, 3.63) is 131 Å². The van der Waals surface area contributed by atoms with Crippen LogP contribution in [0.4, 0.5) is 37.7 Å². The SMILES string of the molecule is O=C1C2C(C(=O)N1c1cccc(C(F)(F)F)c1)N1C(c3ccccc3)C3C(=O)N(c4cccc(C(F)(F)F)c4)C(=O)C3N1C2c1ccccc1. The molecule has 0 N–H and O–H groups in total. The fraction of sp³-hybridized carbons (Fsp3) is 0.222. The molecule has 4 aromatic carbocycles. The summed E-state index contributed by atoms with van der Waals surface area (Å²) >= 11 is 0. The summed E-state index contributed by atoms with van der Waals surface area (Å²) in [5, 5.41) is 3.06. The molecule has 4 amide bonds. The van der Waals surface area contributed by atoms with Gasteiger partial charge in [0.1, 0.15) is 12.1 Å². The highest BCUT2D eigenvalue weighted by atomic mass is 19.4. The number of hydrazine groups is 1. The van der Waals surface area contributed by atoms with E-state index < -0.39 is 83.1 Å². The maximum Gasteiger partial charge on any atom is 0.416 e. The number of hydrogen-bond donors (Lipinski definition) is 0. The van der Waals surface area contributed by atoms with Crippen LogP contribution in [0.25, 0.3) is 0 Å². The Morgan fingerprint density at radius 3 is 1.12 bits per heavy atom. The number of carbonyl (C=O) groups is 4. The second kappa shape index (κ2) is 11.1. The molecule has 0 bridgehead atoms. The number of fused-ring (bicyclic) bond motifs is 5. The fourth-order valence-corrected chi connectivity index (χ4v) is 7.95. The molecule has 6 unspecified atom stereocenters. The lowest BCUT2D eigenvalue weighted by molar-refractivity contribution is -0.138. The monoisotopic (exact) mass is 690 g/mol. The van der Waals surface area contributed by atoms with Gasteiger partial charge in [0.05, 0.1) is 46.4 Å². The van der Waals surface area contributed by atoms with Crippen LogP contribution in [-0.2, 0) is 31.5 Å². The van der Waals surface area contributed by atoms with Gasteiger partial charge in [-0.3, -0.25) is 19.2 Å². The number of alkyl halides is 6. The quantitative estimate of drug-likeness (QED) is 0.188. The van der Waals surface area contributed by atoms with Gasteiger partial charge >= 0.3 is 12.4 Å². The number of anilines is 2. The number of rotatable bonds is 4. The molecule has 4 fully saturated rings. The van der Waals surface area contributed by atoms with Crippen LogP contribution in [0.1, 0.15) is 34.3 Å². The molecule has 8 rings (SSSR count). The van der Waals surface area contributed by atoms with E-state index in [1.807, 2.05) is 0 Å². The van der Waals surface area contributed by atoms with E-state index >= 15 is 0 Å². The van der Waals surface area contributed by atoms with Crippen LogP contribution >= 0.6 is 0 Å². The van der Waals surface area contributed by atoms with Crippen molar-refractivity contribution in [3.63, 3.8) is 0 Å². The van der Waals surface area contributed by atoms with Crippen molar-refractivity contribution in [2.24, 2.45) is 11.8 Å². The van der Waals surface area contributed by atoms with Gasteiger partial charge in [-0.05, 0) is 47.5 Å². The van der Waals surface area contributed by atoms with Gasteiger partial charge in [0.25, 0.3) is 11.8 Å². The third kappa shape index (κ3) is 4.62. The molecule has 0 radical (unpaired) electrons. The summed E-state index contributed by atoms with van der Waals surface area (Å²) in [7, 11) is 0. The van der Waals surface area contributed by atoms with Crippen molar-refractivity contribution >= 4 is 35.0 Å². The second-order valence-electron chi connectivity index (χ2n) is 12.5. The van der Waals surface area contributed by atoms with Gasteiger partial charge in [-0.25, -0.2) is 19.8 Å². The number of amides is 4. The van der Waals surface area contributed by atoms with Gasteiger partial charge in [0, 0.05) is 0 Å². The van der Waals surface area contributed by atoms with E-state index in [0.29, 0.717) is 11.1 Å². The van der Waals surface area contributed by atoms with Crippen molar-refractivity contribution in [2.75, 3.05) is 9.80 Å². The van der Waals surface area contributed by atoms with Crippen LogP contribution in [0.15, 0.2) is 109 Å². The van der Waals surface area contributed by atoms with Crippen LogP contribution in [-0.4, -0.2) is 45.7 Å². The first-order valence-corrected chi connectivity index (χ1v) is 15.6. The summed E-state index contributed by atoms with van der Waals surface area (Å²) < 4.78 is 82.1. The summed E-state index contributed by atoms with van der Waals surface area (Å²) in [5.74, 6) is -5.71. The van der Waals surface area contributed by atoms with Crippen molar-refractivity contribution < 1.29 is 45.5 Å². The van der Waals surface area contributed by atoms with E-state index in [2.05, 4.69) is 0 Å². The largest absolute Gasteiger partial charge is 0.416 e. The van der Waals surface area contributed by atoms with E-state index in [-0.39, 0.29) is 11.4 Å². The molecule has 4 aromatic rings. The third-order valence-electron chi connectivity index (χ3n) is 9.87. The molecule has 0 saturated carbocycles. The maximum atomic E-state index is 14.4. The molecule has 4 saturated heterocycles. The van der Waals surface area contributed by atoms with Crippen LogP contribution in [0, 0.1) is 11.8 Å². The average molecular weight is 691 g/mol. The number of imide groups is 2. The molecule has 4 heterocycles. The van der Waals surface area contributed by atoms with E-state index in [4.69, 9.17) is 0 Å². The molecule has 4 aliphatic heterocycles. The molecular formula is C36H24F6N4O4. The van der Waals surface area contributed by atoms with Crippen LogP contribution < -0.4 is 9.80 Å². The minimum absolute atomic E-state index is 0.277. The maximum absolute atomic E-state index is 14.4. The summed E-state index contributed by atoms with van der Waals surface area (Å²) in [6, 6.07) is 19.8. The van der Waals surface area contributed by atoms with Crippen molar-refractivity contribution in [3.8, 4) is 0 Å². The Morgan fingerprint density at radius 2 is 0.780 bits per heavy atom. The fourth-order valence-electron chi connectivity index (χ4n) is 7.95. The van der Waals surface area contributed by atoms with E-state index in [1.165, 1.54) is 22.2 Å². The Morgan fingerprint density at radius 1 is 0.420 bits per heavy atom. The van der Waals surface area contributed by atoms with Crippen molar-refractivity contribution in [1.82, 2.24) is 10.0 Å². The van der Waals surface area contributed by atoms with Crippen LogP contribution in [0.5, 0.6) is 0 Å². The van der Waals surface area contributed by atoms with E-state index in [1.54, 1.807) is 60.7 Å². The van der Waals surface area contributed by atoms with Gasteiger partial charge in [0.2, 0.25) is 11.8 Å². The second-order valence-corrected chi connectivity index (χ2v) is 12.5. The minimum Gasteiger partial charge on any atom is -0.274 e. The number of hydrogen-bond acceptors (Lipinski definition) is 6. The van der Waals surface area contributed by atoms with Gasteiger partial charge in [-0.1, -0.05) is 72.8 Å². The standard InChI is InChI=1S/C36H24F6N4O4/c37-35(38,39)21-13-7-15-23(17-21)43-31(47)25-27(19-9-3-1-4-10-19)45-30-26(28(20-11-5-2-6-12-20)46(45)29(25)33(43)49)32(48)44(34(30)50)24-16-8-14-22(18-24)36(40,41)42/h1-18,25-30H. The molecule has 0 aromatic heterocycles. The first-order valence-electron chi connectivity index (χ1n) is 15.6. The topological polar surface area (TPSA) is 81.2 Å². The Kier molecular flexibility index (Phi) is 7.07. The highest BCUT2D eigenvalue weighted by Gasteiger charge is 2.73. The normalized spacial score (nSPS) is 26.9. The molecule has 6 atom stereocenters. The first kappa shape index (κ1) is 31.9. The molecule has 50 heavy (non-hydrogen) atoms. The van der Waals surface area contributed by atoms with Crippen LogP contribution in [0.2, 0.25) is 0 Å². The highest BCUT2D eigenvalue weighted by Crippen LogP contribution is 2.60. The zero-order valence-corrected chi connectivity index (χ0v) is 25.5. The Bertz CT molecular complexity index is 1910. The number of halogens is 6. The van der Waals surface area contributed by atoms with Crippen molar-refractivity contribution in [1.29, 1.82) is 0 Å². The Balaban J connectivity index is 1.29. The molecular weight excluding hydrogens is 666 g/mol. The van der Waals surface area contributed by atoms with E-state index in [9.17, 15) is 45.5 Å².